The number of benzene rings is 1. The first-order valence-electron chi connectivity index (χ1n) is 5.81. The van der Waals surface area contributed by atoms with Crippen LogP contribution in [-0.4, -0.2) is 12.3 Å². The van der Waals surface area contributed by atoms with Crippen LogP contribution < -0.4 is 15.2 Å². The minimum Gasteiger partial charge on any atom is -0.448 e. The first kappa shape index (κ1) is 10.9. The molecule has 1 spiro atoms. The Hall–Kier alpha value is -1.19. The molecule has 1 aliphatic carbocycles. The molecule has 1 aliphatic heterocycles. The molecular formula is C13H14ClNO2. The van der Waals surface area contributed by atoms with Gasteiger partial charge in [0, 0.05) is 25.5 Å². The van der Waals surface area contributed by atoms with E-state index in [9.17, 15) is 0 Å². The van der Waals surface area contributed by atoms with Gasteiger partial charge in [-0.2, -0.15) is 0 Å². The maximum atomic E-state index is 6.17. The highest BCUT2D eigenvalue weighted by molar-refractivity contribution is 6.32. The lowest BCUT2D eigenvalue weighted by Crippen LogP contribution is -2.45. The molecule has 4 heteroatoms. The molecule has 1 fully saturated rings. The Kier molecular flexibility index (Phi) is 2.53. The van der Waals surface area contributed by atoms with E-state index in [4.69, 9.17) is 26.8 Å². The molecule has 1 aromatic rings. The van der Waals surface area contributed by atoms with Gasteiger partial charge in [0.2, 0.25) is 0 Å². The molecule has 0 radical (unpaired) electrons. The zero-order chi connectivity index (χ0) is 11.9. The lowest BCUT2D eigenvalue weighted by Gasteiger charge is -2.35. The molecule has 2 aliphatic rings. The average Bonchev–Trinajstić information content (AvgIpc) is 2.64. The van der Waals surface area contributed by atoms with Crippen molar-refractivity contribution >= 4 is 17.7 Å². The van der Waals surface area contributed by atoms with Gasteiger partial charge in [0.15, 0.2) is 11.5 Å². The van der Waals surface area contributed by atoms with Gasteiger partial charge in [-0.3, -0.25) is 0 Å². The number of nitrogens with two attached hydrogens (primary N) is 1. The molecule has 0 unspecified atom stereocenters. The van der Waals surface area contributed by atoms with Crippen molar-refractivity contribution in [2.45, 2.75) is 25.0 Å². The van der Waals surface area contributed by atoms with Crippen molar-refractivity contribution in [3.8, 4) is 11.5 Å². The van der Waals surface area contributed by atoms with E-state index in [2.05, 4.69) is 0 Å². The Morgan fingerprint density at radius 1 is 1.29 bits per heavy atom. The van der Waals surface area contributed by atoms with Crippen LogP contribution in [0.1, 0.15) is 24.8 Å². The first-order valence-corrected chi connectivity index (χ1v) is 6.18. The van der Waals surface area contributed by atoms with E-state index < -0.39 is 5.79 Å². The predicted molar refractivity (Wildman–Crippen MR) is 67.4 cm³/mol. The Morgan fingerprint density at radius 2 is 2.00 bits per heavy atom. The van der Waals surface area contributed by atoms with E-state index in [1.54, 1.807) is 0 Å². The Labute approximate surface area is 105 Å². The molecule has 0 bridgehead atoms. The maximum absolute atomic E-state index is 6.17. The van der Waals surface area contributed by atoms with Gasteiger partial charge in [0.1, 0.15) is 0 Å². The van der Waals surface area contributed by atoms with Gasteiger partial charge in [-0.1, -0.05) is 23.8 Å². The highest BCUT2D eigenvalue weighted by Crippen LogP contribution is 2.49. The van der Waals surface area contributed by atoms with E-state index in [0.717, 1.165) is 36.3 Å². The first-order chi connectivity index (χ1) is 8.22. The minimum absolute atomic E-state index is 0.401. The summed E-state index contributed by atoms with van der Waals surface area (Å²) in [5.41, 5.74) is 6.34. The van der Waals surface area contributed by atoms with Gasteiger partial charge in [-0.15, -0.1) is 0 Å². The summed E-state index contributed by atoms with van der Waals surface area (Å²) in [6.45, 7) is 0.495. The van der Waals surface area contributed by atoms with Gasteiger partial charge >= 0.3 is 0 Å². The molecule has 17 heavy (non-hydrogen) atoms. The summed E-state index contributed by atoms with van der Waals surface area (Å²) < 4.78 is 11.7. The standard InChI is InChI=1S/C13H14ClNO2/c14-10-8-12-11(7-9(10)3-1-6-15)16-13(17-12)4-2-5-13/h1,3,7-8H,2,4-6,15H2/b3-1+. The van der Waals surface area contributed by atoms with Crippen molar-refractivity contribution in [3.05, 3.63) is 28.8 Å². The van der Waals surface area contributed by atoms with Gasteiger partial charge < -0.3 is 15.2 Å². The van der Waals surface area contributed by atoms with Crippen LogP contribution in [0.2, 0.25) is 5.02 Å². The van der Waals surface area contributed by atoms with E-state index in [0.29, 0.717) is 11.6 Å². The van der Waals surface area contributed by atoms with Crippen LogP contribution in [0.3, 0.4) is 0 Å². The van der Waals surface area contributed by atoms with Gasteiger partial charge in [0.25, 0.3) is 5.79 Å². The molecule has 0 atom stereocenters. The van der Waals surface area contributed by atoms with E-state index in [1.165, 1.54) is 0 Å². The SMILES string of the molecule is NC/C=C/c1cc2c(cc1Cl)OC1(CCC1)O2. The molecule has 3 nitrogen and oxygen atoms in total. The van der Waals surface area contributed by atoms with Crippen LogP contribution in [0.5, 0.6) is 11.5 Å². The average molecular weight is 252 g/mol. The monoisotopic (exact) mass is 251 g/mol. The van der Waals surface area contributed by atoms with Crippen LogP contribution in [0.25, 0.3) is 6.08 Å². The molecule has 2 N–H and O–H groups in total. The number of halogens is 1. The van der Waals surface area contributed by atoms with Crippen molar-refractivity contribution < 1.29 is 9.47 Å². The van der Waals surface area contributed by atoms with Gasteiger partial charge in [-0.25, -0.2) is 0 Å². The third-order valence-corrected chi connectivity index (χ3v) is 3.53. The fraction of sp³-hybridized carbons (Fsp3) is 0.385. The van der Waals surface area contributed by atoms with Crippen LogP contribution in [0, 0.1) is 0 Å². The molecular weight excluding hydrogens is 238 g/mol. The maximum Gasteiger partial charge on any atom is 0.251 e. The number of ether oxygens (including phenoxy) is 2. The molecule has 0 saturated heterocycles. The van der Waals surface area contributed by atoms with Crippen LogP contribution in [0.4, 0.5) is 0 Å². The van der Waals surface area contributed by atoms with Crippen molar-refractivity contribution in [2.24, 2.45) is 5.73 Å². The zero-order valence-electron chi connectivity index (χ0n) is 9.41. The Balaban J connectivity index is 1.93. The van der Waals surface area contributed by atoms with Crippen LogP contribution in [-0.2, 0) is 0 Å². The molecule has 1 aromatic carbocycles. The number of hydrogen-bond donors (Lipinski definition) is 1. The number of rotatable bonds is 2. The lowest BCUT2D eigenvalue weighted by molar-refractivity contribution is -0.138. The topological polar surface area (TPSA) is 44.5 Å². The smallest absolute Gasteiger partial charge is 0.251 e. The summed E-state index contributed by atoms with van der Waals surface area (Å²) in [5, 5.41) is 0.661. The van der Waals surface area contributed by atoms with E-state index in [-0.39, 0.29) is 0 Å². The summed E-state index contributed by atoms with van der Waals surface area (Å²) in [5.74, 6) is 1.13. The summed E-state index contributed by atoms with van der Waals surface area (Å²) in [6.07, 6.45) is 6.82. The van der Waals surface area contributed by atoms with Gasteiger partial charge in [0.05, 0.1) is 5.02 Å². The molecule has 0 amide bonds. The minimum atomic E-state index is -0.401. The second kappa shape index (κ2) is 3.93. The van der Waals surface area contributed by atoms with E-state index in [1.807, 2.05) is 24.3 Å². The second-order valence-corrected chi connectivity index (χ2v) is 4.83. The summed E-state index contributed by atoms with van der Waals surface area (Å²) in [6, 6.07) is 3.73. The fourth-order valence-corrected chi connectivity index (χ4v) is 2.34. The largest absolute Gasteiger partial charge is 0.448 e. The summed E-state index contributed by atoms with van der Waals surface area (Å²) in [4.78, 5) is 0. The van der Waals surface area contributed by atoms with Crippen molar-refractivity contribution in [1.82, 2.24) is 0 Å². The number of hydrogen-bond acceptors (Lipinski definition) is 3. The quantitative estimate of drug-likeness (QED) is 0.879. The highest BCUT2D eigenvalue weighted by atomic mass is 35.5. The fourth-order valence-electron chi connectivity index (χ4n) is 2.12. The van der Waals surface area contributed by atoms with Gasteiger partial charge in [-0.05, 0) is 18.1 Å². The Bertz CT molecular complexity index is 481. The number of fused-ring (bicyclic) bond motifs is 1. The zero-order valence-corrected chi connectivity index (χ0v) is 10.2. The van der Waals surface area contributed by atoms with Crippen molar-refractivity contribution in [1.29, 1.82) is 0 Å². The normalized spacial score (nSPS) is 19.9. The molecule has 1 heterocycles. The third-order valence-electron chi connectivity index (χ3n) is 3.20. The molecule has 1 saturated carbocycles. The Morgan fingerprint density at radius 3 is 2.59 bits per heavy atom. The second-order valence-electron chi connectivity index (χ2n) is 4.43. The third kappa shape index (κ3) is 1.79. The van der Waals surface area contributed by atoms with Crippen LogP contribution >= 0.6 is 11.6 Å². The molecule has 0 aromatic heterocycles. The summed E-state index contributed by atoms with van der Waals surface area (Å²) in [7, 11) is 0. The summed E-state index contributed by atoms with van der Waals surface area (Å²) >= 11 is 6.17. The lowest BCUT2D eigenvalue weighted by atomic mass is 9.91. The molecule has 3 rings (SSSR count). The van der Waals surface area contributed by atoms with Crippen LogP contribution in [0.15, 0.2) is 18.2 Å². The highest BCUT2D eigenvalue weighted by Gasteiger charge is 2.47. The van der Waals surface area contributed by atoms with Crippen molar-refractivity contribution in [3.63, 3.8) is 0 Å². The molecule has 90 valence electrons. The van der Waals surface area contributed by atoms with E-state index >= 15 is 0 Å². The predicted octanol–water partition coefficient (Wildman–Crippen LogP) is 2.96. The van der Waals surface area contributed by atoms with Crippen molar-refractivity contribution in [2.75, 3.05) is 6.54 Å².